The summed E-state index contributed by atoms with van der Waals surface area (Å²) in [4.78, 5) is 38.8. The lowest BCUT2D eigenvalue weighted by atomic mass is 10.1. The van der Waals surface area contributed by atoms with Crippen molar-refractivity contribution in [2.75, 3.05) is 24.4 Å². The lowest BCUT2D eigenvalue weighted by Crippen LogP contribution is -2.14. The molecule has 0 fully saturated rings. The molecule has 0 aliphatic carbocycles. The first-order valence-electron chi connectivity index (χ1n) is 9.06. The molecule has 2 amide bonds. The van der Waals surface area contributed by atoms with Crippen LogP contribution in [0.4, 0.5) is 10.7 Å². The predicted octanol–water partition coefficient (Wildman–Crippen LogP) is 4.81. The van der Waals surface area contributed by atoms with Crippen LogP contribution in [0.1, 0.15) is 42.2 Å². The number of hydrogen-bond acceptors (Lipinski definition) is 7. The molecule has 0 aliphatic rings. The van der Waals surface area contributed by atoms with Crippen LogP contribution in [0, 0.1) is 6.92 Å². The molecule has 0 spiro atoms. The SMILES string of the molecule is CCOC(=O)c1c(NC(=O)c2cccs2)sc(C(=O)Nc2ccccc2OC)c1C. The summed E-state index contributed by atoms with van der Waals surface area (Å²) < 4.78 is 10.4. The number of carbonyl (C=O) groups is 3. The van der Waals surface area contributed by atoms with Gasteiger partial charge in [-0.1, -0.05) is 18.2 Å². The van der Waals surface area contributed by atoms with Gasteiger partial charge in [-0.2, -0.15) is 0 Å². The Labute approximate surface area is 181 Å². The van der Waals surface area contributed by atoms with E-state index in [0.717, 1.165) is 11.3 Å². The van der Waals surface area contributed by atoms with Gasteiger partial charge in [-0.25, -0.2) is 4.79 Å². The third kappa shape index (κ3) is 4.52. The van der Waals surface area contributed by atoms with Crippen molar-refractivity contribution in [1.82, 2.24) is 0 Å². The van der Waals surface area contributed by atoms with Gasteiger partial charge in [0, 0.05) is 0 Å². The fraction of sp³-hybridized carbons (Fsp3) is 0.190. The Morgan fingerprint density at radius 2 is 1.80 bits per heavy atom. The third-order valence-electron chi connectivity index (χ3n) is 4.16. The lowest BCUT2D eigenvalue weighted by Gasteiger charge is -2.09. The summed E-state index contributed by atoms with van der Waals surface area (Å²) in [5, 5.41) is 7.59. The van der Waals surface area contributed by atoms with Crippen molar-refractivity contribution in [2.24, 2.45) is 0 Å². The Bertz CT molecular complexity index is 1070. The van der Waals surface area contributed by atoms with Gasteiger partial charge in [-0.3, -0.25) is 9.59 Å². The van der Waals surface area contributed by atoms with Crippen molar-refractivity contribution in [3.8, 4) is 5.75 Å². The van der Waals surface area contributed by atoms with Crippen molar-refractivity contribution in [1.29, 1.82) is 0 Å². The topological polar surface area (TPSA) is 93.7 Å². The fourth-order valence-electron chi connectivity index (χ4n) is 2.77. The zero-order valence-corrected chi connectivity index (χ0v) is 18.2. The average molecular weight is 445 g/mol. The van der Waals surface area contributed by atoms with Gasteiger partial charge in [-0.15, -0.1) is 22.7 Å². The van der Waals surface area contributed by atoms with Gasteiger partial charge in [0.25, 0.3) is 11.8 Å². The summed E-state index contributed by atoms with van der Waals surface area (Å²) in [6, 6.07) is 10.5. The molecule has 0 bridgehead atoms. The van der Waals surface area contributed by atoms with Crippen LogP contribution in [0.5, 0.6) is 5.75 Å². The summed E-state index contributed by atoms with van der Waals surface area (Å²) in [7, 11) is 1.51. The smallest absolute Gasteiger partial charge is 0.341 e. The molecular weight excluding hydrogens is 424 g/mol. The molecule has 156 valence electrons. The number of thiophene rings is 2. The van der Waals surface area contributed by atoms with Gasteiger partial charge < -0.3 is 20.1 Å². The number of esters is 1. The first kappa shape index (κ1) is 21.5. The number of para-hydroxylation sites is 2. The molecule has 0 aliphatic heterocycles. The number of carbonyl (C=O) groups excluding carboxylic acids is 3. The number of ether oxygens (including phenoxy) is 2. The summed E-state index contributed by atoms with van der Waals surface area (Å²) in [6.45, 7) is 3.52. The molecule has 3 rings (SSSR count). The Morgan fingerprint density at radius 1 is 1.03 bits per heavy atom. The summed E-state index contributed by atoms with van der Waals surface area (Å²) >= 11 is 2.31. The normalized spacial score (nSPS) is 10.4. The minimum atomic E-state index is -0.593. The Balaban J connectivity index is 1.95. The second kappa shape index (κ2) is 9.55. The van der Waals surface area contributed by atoms with Crippen LogP contribution in [0.15, 0.2) is 41.8 Å². The molecule has 0 saturated carbocycles. The molecule has 2 heterocycles. The molecule has 7 nitrogen and oxygen atoms in total. The Kier molecular flexibility index (Phi) is 6.86. The van der Waals surface area contributed by atoms with Crippen LogP contribution in [0.25, 0.3) is 0 Å². The first-order chi connectivity index (χ1) is 14.5. The van der Waals surface area contributed by atoms with Crippen LogP contribution in [-0.2, 0) is 4.74 Å². The zero-order chi connectivity index (χ0) is 21.7. The van der Waals surface area contributed by atoms with Gasteiger partial charge in [0.05, 0.1) is 34.7 Å². The third-order valence-corrected chi connectivity index (χ3v) is 6.23. The first-order valence-corrected chi connectivity index (χ1v) is 10.8. The largest absolute Gasteiger partial charge is 0.495 e. The molecule has 2 N–H and O–H groups in total. The summed E-state index contributed by atoms with van der Waals surface area (Å²) in [6.07, 6.45) is 0. The van der Waals surface area contributed by atoms with Gasteiger partial charge in [0.15, 0.2) is 0 Å². The maximum absolute atomic E-state index is 12.9. The lowest BCUT2D eigenvalue weighted by molar-refractivity contribution is 0.0527. The molecule has 9 heteroatoms. The molecule has 0 unspecified atom stereocenters. The summed E-state index contributed by atoms with van der Waals surface area (Å²) in [5.74, 6) is -0.848. The highest BCUT2D eigenvalue weighted by Crippen LogP contribution is 2.35. The van der Waals surface area contributed by atoms with E-state index in [0.29, 0.717) is 26.8 Å². The minimum absolute atomic E-state index is 0.176. The predicted molar refractivity (Wildman–Crippen MR) is 118 cm³/mol. The highest BCUT2D eigenvalue weighted by molar-refractivity contribution is 7.19. The number of hydrogen-bond donors (Lipinski definition) is 2. The highest BCUT2D eigenvalue weighted by Gasteiger charge is 2.27. The molecule has 0 atom stereocenters. The van der Waals surface area contributed by atoms with E-state index < -0.39 is 11.9 Å². The highest BCUT2D eigenvalue weighted by atomic mass is 32.1. The summed E-state index contributed by atoms with van der Waals surface area (Å²) in [5.41, 5.74) is 1.11. The molecule has 30 heavy (non-hydrogen) atoms. The number of rotatable bonds is 7. The number of anilines is 2. The van der Waals surface area contributed by atoms with Gasteiger partial charge in [0.1, 0.15) is 10.8 Å². The van der Waals surface area contributed by atoms with Crippen molar-refractivity contribution in [2.45, 2.75) is 13.8 Å². The van der Waals surface area contributed by atoms with E-state index in [1.54, 1.807) is 55.6 Å². The van der Waals surface area contributed by atoms with Crippen molar-refractivity contribution < 1.29 is 23.9 Å². The van der Waals surface area contributed by atoms with Crippen LogP contribution in [-0.4, -0.2) is 31.5 Å². The number of methoxy groups -OCH3 is 1. The molecule has 1 aromatic carbocycles. The van der Waals surface area contributed by atoms with E-state index in [1.165, 1.54) is 18.4 Å². The second-order valence-corrected chi connectivity index (χ2v) is 8.03. The van der Waals surface area contributed by atoms with Crippen molar-refractivity contribution in [3.05, 3.63) is 62.7 Å². The fourth-order valence-corrected chi connectivity index (χ4v) is 4.47. The van der Waals surface area contributed by atoms with Gasteiger partial charge in [0.2, 0.25) is 0 Å². The van der Waals surface area contributed by atoms with E-state index in [4.69, 9.17) is 9.47 Å². The van der Waals surface area contributed by atoms with Crippen LogP contribution in [0.2, 0.25) is 0 Å². The van der Waals surface area contributed by atoms with Crippen molar-refractivity contribution >= 4 is 51.1 Å². The Hall–Kier alpha value is -3.17. The average Bonchev–Trinajstić information content (AvgIpc) is 3.37. The quantitative estimate of drug-likeness (QED) is 0.510. The van der Waals surface area contributed by atoms with Crippen LogP contribution < -0.4 is 15.4 Å². The number of amides is 2. The van der Waals surface area contributed by atoms with Crippen LogP contribution >= 0.6 is 22.7 Å². The van der Waals surface area contributed by atoms with E-state index in [2.05, 4.69) is 10.6 Å². The zero-order valence-electron chi connectivity index (χ0n) is 16.6. The molecule has 0 radical (unpaired) electrons. The number of nitrogens with one attached hydrogen (secondary N) is 2. The molecule has 2 aromatic heterocycles. The van der Waals surface area contributed by atoms with E-state index in [9.17, 15) is 14.4 Å². The maximum atomic E-state index is 12.9. The number of benzene rings is 1. The minimum Gasteiger partial charge on any atom is -0.495 e. The maximum Gasteiger partial charge on any atom is 0.341 e. The second-order valence-electron chi connectivity index (χ2n) is 6.07. The van der Waals surface area contributed by atoms with Gasteiger partial charge >= 0.3 is 5.97 Å². The Morgan fingerprint density at radius 3 is 2.47 bits per heavy atom. The van der Waals surface area contributed by atoms with Crippen molar-refractivity contribution in [3.63, 3.8) is 0 Å². The standard InChI is InChI=1S/C21H20N2O5S2/c1-4-28-21(26)16-12(2)17(19(25)22-13-8-5-6-9-14(13)27-3)30-20(16)23-18(24)15-10-7-11-29-15/h5-11H,4H2,1-3H3,(H,22,25)(H,23,24). The monoisotopic (exact) mass is 444 g/mol. The van der Waals surface area contributed by atoms with E-state index in [-0.39, 0.29) is 23.1 Å². The van der Waals surface area contributed by atoms with Crippen LogP contribution in [0.3, 0.4) is 0 Å². The van der Waals surface area contributed by atoms with E-state index in [1.807, 2.05) is 0 Å². The molecule has 3 aromatic rings. The van der Waals surface area contributed by atoms with Gasteiger partial charge in [-0.05, 0) is 43.0 Å². The van der Waals surface area contributed by atoms with E-state index >= 15 is 0 Å². The molecular formula is C21H20N2O5S2. The molecule has 0 saturated heterocycles.